The highest BCUT2D eigenvalue weighted by Gasteiger charge is 2.20. The van der Waals surface area contributed by atoms with Crippen LogP contribution in [0.4, 0.5) is 0 Å². The summed E-state index contributed by atoms with van der Waals surface area (Å²) in [5.74, 6) is 1.47. The maximum absolute atomic E-state index is 5.31. The van der Waals surface area contributed by atoms with Crippen LogP contribution < -0.4 is 0 Å². The second kappa shape index (κ2) is 14.7. The maximum Gasteiger partial charge on any atom is 0.235 e. The molecule has 0 unspecified atom stereocenters. The van der Waals surface area contributed by atoms with Gasteiger partial charge in [-0.2, -0.15) is 0 Å². The highest BCUT2D eigenvalue weighted by molar-refractivity contribution is 6.11. The number of fused-ring (bicyclic) bond motifs is 6. The van der Waals surface area contributed by atoms with Crippen LogP contribution in [0.25, 0.3) is 112 Å². The normalized spacial score (nSPS) is 11.5. The summed E-state index contributed by atoms with van der Waals surface area (Å²) in [5, 5.41) is 3.33. The Morgan fingerprint density at radius 1 is 0.290 bits per heavy atom. The van der Waals surface area contributed by atoms with Gasteiger partial charge in [0.25, 0.3) is 0 Å². The van der Waals surface area contributed by atoms with Gasteiger partial charge in [-0.25, -0.2) is 15.0 Å². The molecule has 0 radical (unpaired) electrons. The van der Waals surface area contributed by atoms with Gasteiger partial charge in [0.05, 0.1) is 44.7 Å². The first-order chi connectivity index (χ1) is 30.7. The lowest BCUT2D eigenvalue weighted by Crippen LogP contribution is -2.03. The molecule has 0 saturated carbocycles. The van der Waals surface area contributed by atoms with Gasteiger partial charge in [0.15, 0.2) is 0 Å². The highest BCUT2D eigenvalue weighted by atomic mass is 15.2. The lowest BCUT2D eigenvalue weighted by Gasteiger charge is -2.13. The minimum absolute atomic E-state index is 0.629. The maximum atomic E-state index is 5.31. The molecule has 7 aromatic carbocycles. The van der Waals surface area contributed by atoms with E-state index in [1.54, 1.807) is 0 Å². The van der Waals surface area contributed by atoms with Gasteiger partial charge in [0.2, 0.25) is 5.95 Å². The first-order valence-electron chi connectivity index (χ1n) is 20.8. The van der Waals surface area contributed by atoms with Crippen molar-refractivity contribution >= 4 is 43.7 Å². The Balaban J connectivity index is 1.02. The molecule has 0 amide bonds. The Morgan fingerprint density at radius 3 is 1.42 bits per heavy atom. The molecule has 0 aliphatic rings. The lowest BCUT2D eigenvalue weighted by molar-refractivity contribution is 0.995. The summed E-state index contributed by atoms with van der Waals surface area (Å²) < 4.78 is 4.46. The lowest BCUT2D eigenvalue weighted by atomic mass is 10.0. The Kier molecular flexibility index (Phi) is 8.38. The Hall–Kier alpha value is -8.48. The van der Waals surface area contributed by atoms with Crippen LogP contribution in [0.2, 0.25) is 0 Å². The second-order valence-corrected chi connectivity index (χ2v) is 15.5. The monoisotopic (exact) mass is 792 g/mol. The van der Waals surface area contributed by atoms with E-state index in [0.717, 1.165) is 106 Å². The fraction of sp³-hybridized carbons (Fsp3) is 0. The zero-order valence-electron chi connectivity index (χ0n) is 33.5. The van der Waals surface area contributed by atoms with Crippen molar-refractivity contribution in [1.82, 2.24) is 29.1 Å². The molecular weight excluding hydrogens is 757 g/mol. The average molecular weight is 793 g/mol. The summed E-state index contributed by atoms with van der Waals surface area (Å²) in [7, 11) is 0. The van der Waals surface area contributed by atoms with E-state index in [9.17, 15) is 0 Å². The third-order valence-corrected chi connectivity index (χ3v) is 11.8. The van der Waals surface area contributed by atoms with E-state index in [1.165, 1.54) is 0 Å². The van der Waals surface area contributed by atoms with E-state index >= 15 is 0 Å². The SMILES string of the molecule is c1ccc(-c2cc(-c3ccccc3)nc(-n3c4ccc(-c5ccc6c(c5)c5ccccc5n6-c5nc(-c6ccccc6)cc(-c6ccccc6)n5)cc4c4ncccc43)c2)cc1. The molecule has 62 heavy (non-hydrogen) atoms. The topological polar surface area (TPSA) is 61.4 Å². The molecule has 5 aromatic heterocycles. The third-order valence-electron chi connectivity index (χ3n) is 11.8. The molecule has 0 saturated heterocycles. The van der Waals surface area contributed by atoms with E-state index in [4.69, 9.17) is 19.9 Å². The van der Waals surface area contributed by atoms with Crippen LogP contribution in [0, 0.1) is 0 Å². The van der Waals surface area contributed by atoms with Gasteiger partial charge >= 0.3 is 0 Å². The van der Waals surface area contributed by atoms with Crippen molar-refractivity contribution in [3.63, 3.8) is 0 Å². The first-order valence-corrected chi connectivity index (χ1v) is 20.8. The predicted molar refractivity (Wildman–Crippen MR) is 253 cm³/mol. The van der Waals surface area contributed by atoms with Crippen molar-refractivity contribution in [2.75, 3.05) is 0 Å². The van der Waals surface area contributed by atoms with Crippen LogP contribution in [0.15, 0.2) is 219 Å². The Morgan fingerprint density at radius 2 is 0.790 bits per heavy atom. The van der Waals surface area contributed by atoms with E-state index in [2.05, 4.69) is 197 Å². The van der Waals surface area contributed by atoms with Crippen molar-refractivity contribution in [3.8, 4) is 67.8 Å². The minimum atomic E-state index is 0.629. The van der Waals surface area contributed by atoms with Crippen LogP contribution in [0.1, 0.15) is 0 Å². The van der Waals surface area contributed by atoms with E-state index in [1.807, 2.05) is 30.5 Å². The predicted octanol–water partition coefficient (Wildman–Crippen LogP) is 13.8. The van der Waals surface area contributed by atoms with Gasteiger partial charge in [-0.15, -0.1) is 0 Å². The van der Waals surface area contributed by atoms with Crippen molar-refractivity contribution < 1.29 is 0 Å². The highest BCUT2D eigenvalue weighted by Crippen LogP contribution is 2.39. The largest absolute Gasteiger partial charge is 0.292 e. The average Bonchev–Trinajstić information content (AvgIpc) is 3.87. The molecular formula is C56H36N6. The van der Waals surface area contributed by atoms with Gasteiger partial charge in [-0.3, -0.25) is 14.1 Å². The summed E-state index contributed by atoms with van der Waals surface area (Å²) in [6.45, 7) is 0. The van der Waals surface area contributed by atoms with Crippen LogP contribution in [0.5, 0.6) is 0 Å². The number of benzene rings is 7. The van der Waals surface area contributed by atoms with Gasteiger partial charge in [-0.05, 0) is 82.9 Å². The molecule has 5 heterocycles. The molecule has 290 valence electrons. The fourth-order valence-corrected chi connectivity index (χ4v) is 8.86. The van der Waals surface area contributed by atoms with Crippen molar-refractivity contribution in [2.45, 2.75) is 0 Å². The molecule has 0 aliphatic carbocycles. The molecule has 0 aliphatic heterocycles. The molecule has 6 nitrogen and oxygen atoms in total. The van der Waals surface area contributed by atoms with Gasteiger partial charge in [0.1, 0.15) is 5.82 Å². The number of hydrogen-bond acceptors (Lipinski definition) is 4. The molecule has 12 rings (SSSR count). The molecule has 0 spiro atoms. The smallest absolute Gasteiger partial charge is 0.235 e. The first kappa shape index (κ1) is 35.5. The van der Waals surface area contributed by atoms with Crippen molar-refractivity contribution in [1.29, 1.82) is 0 Å². The van der Waals surface area contributed by atoms with E-state index in [0.29, 0.717) is 5.95 Å². The summed E-state index contributed by atoms with van der Waals surface area (Å²) in [4.78, 5) is 20.7. The molecule has 6 heteroatoms. The zero-order valence-corrected chi connectivity index (χ0v) is 33.5. The second-order valence-electron chi connectivity index (χ2n) is 15.5. The summed E-state index contributed by atoms with van der Waals surface area (Å²) in [5.41, 5.74) is 15.3. The van der Waals surface area contributed by atoms with Gasteiger partial charge in [-0.1, -0.05) is 152 Å². The van der Waals surface area contributed by atoms with Crippen molar-refractivity contribution in [3.05, 3.63) is 219 Å². The molecule has 12 aromatic rings. The van der Waals surface area contributed by atoms with E-state index in [-0.39, 0.29) is 0 Å². The number of aromatic nitrogens is 6. The molecule has 0 bridgehead atoms. The van der Waals surface area contributed by atoms with Crippen LogP contribution in [-0.2, 0) is 0 Å². The summed E-state index contributed by atoms with van der Waals surface area (Å²) >= 11 is 0. The quantitative estimate of drug-likeness (QED) is 0.161. The number of nitrogens with zero attached hydrogens (tertiary/aromatic N) is 6. The van der Waals surface area contributed by atoms with Crippen LogP contribution in [0.3, 0.4) is 0 Å². The third kappa shape index (κ3) is 6.04. The molecule has 0 atom stereocenters. The van der Waals surface area contributed by atoms with Gasteiger partial charge < -0.3 is 0 Å². The van der Waals surface area contributed by atoms with Gasteiger partial charge in [0, 0.05) is 39.0 Å². The number of rotatable bonds is 7. The minimum Gasteiger partial charge on any atom is -0.292 e. The summed E-state index contributed by atoms with van der Waals surface area (Å²) in [6, 6.07) is 74.1. The summed E-state index contributed by atoms with van der Waals surface area (Å²) in [6.07, 6.45) is 1.88. The standard InChI is InChI=1S/C56H36N6/c1-5-16-37(17-6-1)43-34-47(38-18-7-2-8-19-38)58-54(35-43)61-52-30-28-42(33-46(52)55-53(61)26-15-31-57-55)41-27-29-51-45(32-41)44-24-13-14-25-50(44)62(51)56-59-48(39-20-9-3-10-21-39)36-49(60-56)40-22-11-4-12-23-40/h1-36H. The fourth-order valence-electron chi connectivity index (χ4n) is 8.86. The Labute approximate surface area is 357 Å². The zero-order chi connectivity index (χ0) is 41.0. The number of pyridine rings is 2. The van der Waals surface area contributed by atoms with E-state index < -0.39 is 0 Å². The number of para-hydroxylation sites is 1. The molecule has 0 fully saturated rings. The Bertz CT molecular complexity index is 3260. The van der Waals surface area contributed by atoms with Crippen molar-refractivity contribution in [2.24, 2.45) is 0 Å². The van der Waals surface area contributed by atoms with Crippen LogP contribution in [-0.4, -0.2) is 29.1 Å². The number of hydrogen-bond donors (Lipinski definition) is 0. The molecule has 0 N–H and O–H groups in total. The van der Waals surface area contributed by atoms with Crippen LogP contribution >= 0.6 is 0 Å².